The molecular formula is C12H25NOS. The molecule has 1 aliphatic heterocycles. The van der Waals surface area contributed by atoms with Crippen LogP contribution in [0.2, 0.25) is 0 Å². The third kappa shape index (κ3) is 4.75. The van der Waals surface area contributed by atoms with Crippen LogP contribution in [0.25, 0.3) is 0 Å². The largest absolute Gasteiger partial charge is 0.389 e. The van der Waals surface area contributed by atoms with Gasteiger partial charge in [0.05, 0.1) is 5.60 Å². The van der Waals surface area contributed by atoms with Gasteiger partial charge < -0.3 is 10.4 Å². The van der Waals surface area contributed by atoms with Crippen molar-refractivity contribution in [2.75, 3.05) is 18.1 Å². The summed E-state index contributed by atoms with van der Waals surface area (Å²) in [6.07, 6.45) is 5.25. The van der Waals surface area contributed by atoms with Crippen LogP contribution in [0.4, 0.5) is 0 Å². The summed E-state index contributed by atoms with van der Waals surface area (Å²) in [4.78, 5) is 0. The van der Waals surface area contributed by atoms with Crippen LogP contribution < -0.4 is 5.32 Å². The highest BCUT2D eigenvalue weighted by Gasteiger charge is 2.26. The normalized spacial score (nSPS) is 22.2. The maximum Gasteiger partial charge on any atom is 0.0771 e. The highest BCUT2D eigenvalue weighted by molar-refractivity contribution is 7.99. The number of hydrogen-bond donors (Lipinski definition) is 2. The molecule has 1 rings (SSSR count). The minimum atomic E-state index is -0.462. The molecule has 0 saturated carbocycles. The summed E-state index contributed by atoms with van der Waals surface area (Å²) >= 11 is 2.02. The summed E-state index contributed by atoms with van der Waals surface area (Å²) in [5, 5.41) is 13.9. The lowest BCUT2D eigenvalue weighted by Gasteiger charge is -2.29. The molecule has 15 heavy (non-hydrogen) atoms. The molecule has 1 heterocycles. The Balaban J connectivity index is 2.29. The van der Waals surface area contributed by atoms with Crippen LogP contribution in [0, 0.1) is 0 Å². The van der Waals surface area contributed by atoms with E-state index in [0.717, 1.165) is 32.2 Å². The van der Waals surface area contributed by atoms with E-state index in [1.165, 1.54) is 17.9 Å². The third-order valence-corrected chi connectivity index (χ3v) is 4.24. The number of aliphatic hydroxyl groups is 1. The molecule has 0 aromatic heterocycles. The van der Waals surface area contributed by atoms with Crippen molar-refractivity contribution in [1.29, 1.82) is 0 Å². The van der Waals surface area contributed by atoms with Crippen LogP contribution >= 0.6 is 11.8 Å². The molecule has 0 aromatic rings. The molecule has 0 aromatic carbocycles. The molecule has 0 bridgehead atoms. The Morgan fingerprint density at radius 3 is 2.47 bits per heavy atom. The standard InChI is InChI=1S/C12H25NOS/c1-3-6-12(14,7-4-2)10-13-11-5-8-15-9-11/h11,13-14H,3-10H2,1-2H3. The maximum atomic E-state index is 10.4. The van der Waals surface area contributed by atoms with Crippen LogP contribution in [0.15, 0.2) is 0 Å². The Labute approximate surface area is 98.2 Å². The quantitative estimate of drug-likeness (QED) is 0.706. The number of hydrogen-bond acceptors (Lipinski definition) is 3. The smallest absolute Gasteiger partial charge is 0.0771 e. The maximum absolute atomic E-state index is 10.4. The third-order valence-electron chi connectivity index (χ3n) is 3.08. The van der Waals surface area contributed by atoms with Gasteiger partial charge >= 0.3 is 0 Å². The molecule has 90 valence electrons. The Morgan fingerprint density at radius 1 is 1.33 bits per heavy atom. The minimum Gasteiger partial charge on any atom is -0.389 e. The molecule has 2 nitrogen and oxygen atoms in total. The van der Waals surface area contributed by atoms with Gasteiger partial charge in [-0.05, 0) is 25.0 Å². The van der Waals surface area contributed by atoms with E-state index in [9.17, 15) is 5.11 Å². The van der Waals surface area contributed by atoms with Crippen LogP contribution in [0.3, 0.4) is 0 Å². The SMILES string of the molecule is CCCC(O)(CCC)CNC1CCSC1. The van der Waals surface area contributed by atoms with Gasteiger partial charge in [0.15, 0.2) is 0 Å². The van der Waals surface area contributed by atoms with Crippen molar-refractivity contribution in [2.24, 2.45) is 0 Å². The first-order chi connectivity index (χ1) is 7.20. The Morgan fingerprint density at radius 2 is 2.00 bits per heavy atom. The topological polar surface area (TPSA) is 32.3 Å². The zero-order valence-electron chi connectivity index (χ0n) is 10.1. The van der Waals surface area contributed by atoms with Crippen molar-refractivity contribution in [1.82, 2.24) is 5.32 Å². The van der Waals surface area contributed by atoms with Gasteiger partial charge in [0.1, 0.15) is 0 Å². The second kappa shape index (κ2) is 6.77. The van der Waals surface area contributed by atoms with Gasteiger partial charge in [0.2, 0.25) is 0 Å². The second-order valence-electron chi connectivity index (χ2n) is 4.67. The fourth-order valence-electron chi connectivity index (χ4n) is 2.26. The fourth-order valence-corrected chi connectivity index (χ4v) is 3.45. The second-order valence-corrected chi connectivity index (χ2v) is 5.82. The van der Waals surface area contributed by atoms with Crippen molar-refractivity contribution in [2.45, 2.75) is 57.6 Å². The summed E-state index contributed by atoms with van der Waals surface area (Å²) < 4.78 is 0. The van der Waals surface area contributed by atoms with Gasteiger partial charge in [-0.25, -0.2) is 0 Å². The van der Waals surface area contributed by atoms with Crippen molar-refractivity contribution < 1.29 is 5.11 Å². The molecule has 0 radical (unpaired) electrons. The average Bonchev–Trinajstić information content (AvgIpc) is 2.68. The highest BCUT2D eigenvalue weighted by Crippen LogP contribution is 2.21. The van der Waals surface area contributed by atoms with Crippen LogP contribution in [0.5, 0.6) is 0 Å². The summed E-state index contributed by atoms with van der Waals surface area (Å²) in [7, 11) is 0. The molecule has 0 aliphatic carbocycles. The summed E-state index contributed by atoms with van der Waals surface area (Å²) in [5.74, 6) is 2.49. The van der Waals surface area contributed by atoms with Gasteiger partial charge in [-0.3, -0.25) is 0 Å². The highest BCUT2D eigenvalue weighted by atomic mass is 32.2. The van der Waals surface area contributed by atoms with Gasteiger partial charge in [-0.1, -0.05) is 26.7 Å². The lowest BCUT2D eigenvalue weighted by molar-refractivity contribution is 0.0199. The molecule has 1 unspecified atom stereocenters. The zero-order valence-corrected chi connectivity index (χ0v) is 10.9. The predicted molar refractivity (Wildman–Crippen MR) is 68.5 cm³/mol. The van der Waals surface area contributed by atoms with E-state index in [1.807, 2.05) is 11.8 Å². The van der Waals surface area contributed by atoms with Crippen LogP contribution in [-0.4, -0.2) is 34.8 Å². The van der Waals surface area contributed by atoms with Gasteiger partial charge in [-0.15, -0.1) is 0 Å². The monoisotopic (exact) mass is 231 g/mol. The van der Waals surface area contributed by atoms with Crippen molar-refractivity contribution >= 4 is 11.8 Å². The average molecular weight is 231 g/mol. The van der Waals surface area contributed by atoms with E-state index in [0.29, 0.717) is 6.04 Å². The number of nitrogens with one attached hydrogen (secondary N) is 1. The molecule has 1 fully saturated rings. The van der Waals surface area contributed by atoms with Gasteiger partial charge in [0, 0.05) is 18.3 Å². The molecule has 2 N–H and O–H groups in total. The van der Waals surface area contributed by atoms with E-state index < -0.39 is 5.60 Å². The van der Waals surface area contributed by atoms with Gasteiger partial charge in [0.25, 0.3) is 0 Å². The van der Waals surface area contributed by atoms with Crippen LogP contribution in [0.1, 0.15) is 46.0 Å². The Hall–Kier alpha value is 0.270. The molecule has 0 amide bonds. The minimum absolute atomic E-state index is 0.462. The van der Waals surface area contributed by atoms with E-state index in [4.69, 9.17) is 0 Å². The first-order valence-corrected chi connectivity index (χ1v) is 7.39. The molecule has 1 atom stereocenters. The van der Waals surface area contributed by atoms with E-state index in [1.54, 1.807) is 0 Å². The molecular weight excluding hydrogens is 206 g/mol. The zero-order chi connectivity index (χ0) is 11.1. The summed E-state index contributed by atoms with van der Waals surface area (Å²) in [5.41, 5.74) is -0.462. The van der Waals surface area contributed by atoms with E-state index >= 15 is 0 Å². The lowest BCUT2D eigenvalue weighted by Crippen LogP contribution is -2.44. The molecule has 3 heteroatoms. The fraction of sp³-hybridized carbons (Fsp3) is 1.00. The summed E-state index contributed by atoms with van der Waals surface area (Å²) in [6, 6.07) is 0.634. The van der Waals surface area contributed by atoms with Crippen molar-refractivity contribution in [3.8, 4) is 0 Å². The van der Waals surface area contributed by atoms with E-state index in [-0.39, 0.29) is 0 Å². The first-order valence-electron chi connectivity index (χ1n) is 6.23. The summed E-state index contributed by atoms with van der Waals surface area (Å²) in [6.45, 7) is 5.07. The first kappa shape index (κ1) is 13.3. The van der Waals surface area contributed by atoms with Crippen molar-refractivity contribution in [3.63, 3.8) is 0 Å². The Bertz CT molecular complexity index is 163. The lowest BCUT2D eigenvalue weighted by atomic mass is 9.92. The molecule has 1 aliphatic rings. The molecule has 1 saturated heterocycles. The van der Waals surface area contributed by atoms with Crippen LogP contribution in [-0.2, 0) is 0 Å². The van der Waals surface area contributed by atoms with Crippen molar-refractivity contribution in [3.05, 3.63) is 0 Å². The predicted octanol–water partition coefficient (Wildman–Crippen LogP) is 2.41. The number of rotatable bonds is 7. The van der Waals surface area contributed by atoms with Gasteiger partial charge in [-0.2, -0.15) is 11.8 Å². The van der Waals surface area contributed by atoms with E-state index in [2.05, 4.69) is 19.2 Å². The number of thioether (sulfide) groups is 1. The molecule has 0 spiro atoms. The Kier molecular flexibility index (Phi) is 6.02.